The summed E-state index contributed by atoms with van der Waals surface area (Å²) in [5, 5.41) is 5.61. The number of hydrogen-bond donors (Lipinski definition) is 1. The summed E-state index contributed by atoms with van der Waals surface area (Å²) >= 11 is 7.66. The zero-order chi connectivity index (χ0) is 19.8. The third-order valence-electron chi connectivity index (χ3n) is 4.65. The van der Waals surface area contributed by atoms with Crippen LogP contribution in [0.3, 0.4) is 0 Å². The van der Waals surface area contributed by atoms with Crippen molar-refractivity contribution >= 4 is 45.6 Å². The number of aromatic nitrogens is 1. The van der Waals surface area contributed by atoms with E-state index in [1.807, 2.05) is 18.2 Å². The molecule has 1 aliphatic heterocycles. The van der Waals surface area contributed by atoms with E-state index in [0.717, 1.165) is 11.3 Å². The molecule has 27 heavy (non-hydrogen) atoms. The molecule has 2 amide bonds. The largest absolute Gasteiger partial charge is 0.372 e. The molecule has 1 atom stereocenters. The minimum atomic E-state index is -0.563. The summed E-state index contributed by atoms with van der Waals surface area (Å²) in [4.78, 5) is 30.9. The third kappa shape index (κ3) is 4.00. The van der Waals surface area contributed by atoms with Crippen molar-refractivity contribution in [1.29, 1.82) is 0 Å². The molecule has 144 valence electrons. The highest BCUT2D eigenvalue weighted by molar-refractivity contribution is 7.13. The number of amides is 2. The monoisotopic (exact) mass is 407 g/mol. The molecule has 6 nitrogen and oxygen atoms in total. The maximum absolute atomic E-state index is 12.9. The van der Waals surface area contributed by atoms with Crippen LogP contribution in [0.4, 0.5) is 10.8 Å². The summed E-state index contributed by atoms with van der Waals surface area (Å²) < 4.78 is 4.98. The summed E-state index contributed by atoms with van der Waals surface area (Å²) in [6, 6.07) is 5.63. The molecular weight excluding hydrogens is 386 g/mol. The van der Waals surface area contributed by atoms with Gasteiger partial charge in [-0.15, -0.1) is 11.3 Å². The molecule has 1 N–H and O–H groups in total. The quantitative estimate of drug-likeness (QED) is 0.821. The van der Waals surface area contributed by atoms with Crippen LogP contribution in [-0.2, 0) is 26.2 Å². The highest BCUT2D eigenvalue weighted by Gasteiger charge is 2.39. The van der Waals surface area contributed by atoms with Gasteiger partial charge in [0.25, 0.3) is 5.91 Å². The minimum absolute atomic E-state index is 0.0440. The molecular formula is C19H22ClN3O3S. The van der Waals surface area contributed by atoms with E-state index < -0.39 is 6.10 Å². The first kappa shape index (κ1) is 19.8. The van der Waals surface area contributed by atoms with Crippen molar-refractivity contribution in [1.82, 2.24) is 4.98 Å². The number of carbonyl (C=O) groups is 2. The number of hydrogen-bond acceptors (Lipinski definition) is 5. The van der Waals surface area contributed by atoms with Crippen molar-refractivity contribution in [2.24, 2.45) is 0 Å². The molecule has 8 heteroatoms. The van der Waals surface area contributed by atoms with E-state index in [9.17, 15) is 9.59 Å². The number of halogens is 1. The molecule has 1 unspecified atom stereocenters. The first-order valence-corrected chi connectivity index (χ1v) is 9.86. The van der Waals surface area contributed by atoms with E-state index in [1.165, 1.54) is 18.4 Å². The lowest BCUT2D eigenvalue weighted by Crippen LogP contribution is -2.35. The summed E-state index contributed by atoms with van der Waals surface area (Å²) in [7, 11) is 1.47. The van der Waals surface area contributed by atoms with Gasteiger partial charge in [-0.1, -0.05) is 31.5 Å². The van der Waals surface area contributed by atoms with Crippen molar-refractivity contribution in [3.63, 3.8) is 0 Å². The van der Waals surface area contributed by atoms with Gasteiger partial charge in [-0.05, 0) is 19.1 Å². The molecule has 1 aliphatic rings. The predicted molar refractivity (Wildman–Crippen MR) is 108 cm³/mol. The van der Waals surface area contributed by atoms with Gasteiger partial charge in [-0.2, -0.15) is 0 Å². The van der Waals surface area contributed by atoms with Crippen LogP contribution >= 0.6 is 22.9 Å². The first-order valence-electron chi connectivity index (χ1n) is 8.60. The van der Waals surface area contributed by atoms with E-state index in [-0.39, 0.29) is 23.7 Å². The Bertz CT molecular complexity index is 881. The highest BCUT2D eigenvalue weighted by Crippen LogP contribution is 2.44. The number of benzene rings is 1. The molecule has 0 saturated carbocycles. The lowest BCUT2D eigenvalue weighted by Gasteiger charge is -2.20. The van der Waals surface area contributed by atoms with Crippen LogP contribution in [-0.4, -0.2) is 36.6 Å². The number of carbonyl (C=O) groups excluding carboxylic acids is 2. The Labute approximate surface area is 167 Å². The lowest BCUT2D eigenvalue weighted by molar-refractivity contribution is -0.124. The Kier molecular flexibility index (Phi) is 5.55. The summed E-state index contributed by atoms with van der Waals surface area (Å²) in [5.41, 5.74) is 2.27. The van der Waals surface area contributed by atoms with Gasteiger partial charge in [0.2, 0.25) is 5.91 Å². The molecule has 0 bridgehead atoms. The normalized spacial score (nSPS) is 16.1. The van der Waals surface area contributed by atoms with Crippen molar-refractivity contribution < 1.29 is 14.3 Å². The van der Waals surface area contributed by atoms with Crippen molar-refractivity contribution in [3.05, 3.63) is 39.9 Å². The second kappa shape index (κ2) is 7.58. The topological polar surface area (TPSA) is 71.5 Å². The number of methoxy groups -OCH3 is 1. The molecule has 0 saturated heterocycles. The number of rotatable bonds is 5. The minimum Gasteiger partial charge on any atom is -0.372 e. The molecule has 3 rings (SSSR count). The van der Waals surface area contributed by atoms with Crippen LogP contribution in [0.15, 0.2) is 23.6 Å². The van der Waals surface area contributed by atoms with E-state index in [2.05, 4.69) is 24.1 Å². The average molecular weight is 408 g/mol. The van der Waals surface area contributed by atoms with Gasteiger partial charge in [0.15, 0.2) is 5.13 Å². The van der Waals surface area contributed by atoms with E-state index in [4.69, 9.17) is 16.3 Å². The SMILES string of the molecule is COC(C)C(=O)Nc1nc(CC(=O)N2CC(C)(C)c3c(Cl)cccc32)cs1. The molecule has 1 aromatic heterocycles. The molecule has 1 aromatic carbocycles. The zero-order valence-corrected chi connectivity index (χ0v) is 17.3. The van der Waals surface area contributed by atoms with Crippen molar-refractivity contribution in [2.75, 3.05) is 23.9 Å². The van der Waals surface area contributed by atoms with Gasteiger partial charge in [0.1, 0.15) is 6.10 Å². The highest BCUT2D eigenvalue weighted by atomic mass is 35.5. The van der Waals surface area contributed by atoms with Gasteiger partial charge < -0.3 is 9.64 Å². The first-order chi connectivity index (χ1) is 12.7. The van der Waals surface area contributed by atoms with Gasteiger partial charge in [0.05, 0.1) is 12.1 Å². The van der Waals surface area contributed by atoms with Crippen molar-refractivity contribution in [3.8, 4) is 0 Å². The molecule has 0 spiro atoms. The number of nitrogens with zero attached hydrogens (tertiary/aromatic N) is 2. The van der Waals surface area contributed by atoms with E-state index >= 15 is 0 Å². The molecule has 0 aliphatic carbocycles. The summed E-state index contributed by atoms with van der Waals surface area (Å²) in [6.45, 7) is 6.39. The maximum Gasteiger partial charge on any atom is 0.254 e. The Morgan fingerprint density at radius 3 is 2.89 bits per heavy atom. The number of thiazole rings is 1. The van der Waals surface area contributed by atoms with Crippen LogP contribution in [0.5, 0.6) is 0 Å². The van der Waals surface area contributed by atoms with Crippen LogP contribution in [0, 0.1) is 0 Å². The second-order valence-electron chi connectivity index (χ2n) is 7.19. The number of fused-ring (bicyclic) bond motifs is 1. The standard InChI is InChI=1S/C19H22ClN3O3S/c1-11(26-4)17(25)22-18-21-12(9-27-18)8-15(24)23-10-19(2,3)16-13(20)6-5-7-14(16)23/h5-7,9,11H,8,10H2,1-4H3,(H,21,22,25). The number of ether oxygens (including phenoxy) is 1. The van der Waals surface area contributed by atoms with Crippen LogP contribution in [0.2, 0.25) is 5.02 Å². The molecule has 2 heterocycles. The fraction of sp³-hybridized carbons (Fsp3) is 0.421. The predicted octanol–water partition coefficient (Wildman–Crippen LogP) is 3.64. The number of nitrogens with one attached hydrogen (secondary N) is 1. The van der Waals surface area contributed by atoms with Gasteiger partial charge in [-0.3, -0.25) is 14.9 Å². The average Bonchev–Trinajstić information content (AvgIpc) is 3.16. The van der Waals surface area contributed by atoms with Crippen molar-refractivity contribution in [2.45, 2.75) is 38.7 Å². The van der Waals surface area contributed by atoms with Gasteiger partial charge in [-0.25, -0.2) is 4.98 Å². The molecule has 0 radical (unpaired) electrons. The zero-order valence-electron chi connectivity index (χ0n) is 15.7. The van der Waals surface area contributed by atoms with Crippen LogP contribution in [0.1, 0.15) is 32.0 Å². The summed E-state index contributed by atoms with van der Waals surface area (Å²) in [5.74, 6) is -0.313. The van der Waals surface area contributed by atoms with Gasteiger partial charge in [0, 0.05) is 40.7 Å². The van der Waals surface area contributed by atoms with Gasteiger partial charge >= 0.3 is 0 Å². The van der Waals surface area contributed by atoms with E-state index in [0.29, 0.717) is 22.4 Å². The Morgan fingerprint density at radius 2 is 2.19 bits per heavy atom. The van der Waals surface area contributed by atoms with E-state index in [1.54, 1.807) is 17.2 Å². The Balaban J connectivity index is 1.73. The Morgan fingerprint density at radius 1 is 1.44 bits per heavy atom. The number of anilines is 2. The molecule has 0 fully saturated rings. The molecule has 2 aromatic rings. The second-order valence-corrected chi connectivity index (χ2v) is 8.45. The fourth-order valence-electron chi connectivity index (χ4n) is 3.20. The Hall–Kier alpha value is -1.96. The lowest BCUT2D eigenvalue weighted by atomic mass is 9.87. The smallest absolute Gasteiger partial charge is 0.254 e. The fourth-order valence-corrected chi connectivity index (χ4v) is 4.34. The third-order valence-corrected chi connectivity index (χ3v) is 5.77. The maximum atomic E-state index is 12.9. The van der Waals surface area contributed by atoms with Crippen LogP contribution in [0.25, 0.3) is 0 Å². The van der Waals surface area contributed by atoms with Crippen LogP contribution < -0.4 is 10.2 Å². The summed E-state index contributed by atoms with van der Waals surface area (Å²) in [6.07, 6.45) is -0.402.